The van der Waals surface area contributed by atoms with E-state index in [1.165, 1.54) is 0 Å². The molecule has 3 atom stereocenters. The summed E-state index contributed by atoms with van der Waals surface area (Å²) in [7, 11) is 0. The van der Waals surface area contributed by atoms with Crippen molar-refractivity contribution in [2.24, 2.45) is 11.8 Å². The highest BCUT2D eigenvalue weighted by molar-refractivity contribution is 5.87. The zero-order chi connectivity index (χ0) is 25.8. The first kappa shape index (κ1) is 27.9. The van der Waals surface area contributed by atoms with Crippen LogP contribution in [0.4, 0.5) is 4.79 Å². The van der Waals surface area contributed by atoms with Crippen molar-refractivity contribution in [3.8, 4) is 0 Å². The van der Waals surface area contributed by atoms with Gasteiger partial charge in [0.25, 0.3) is 5.91 Å². The predicted octanol–water partition coefficient (Wildman–Crippen LogP) is 3.15. The molecule has 0 radical (unpaired) electrons. The van der Waals surface area contributed by atoms with Crippen molar-refractivity contribution >= 4 is 17.9 Å². The van der Waals surface area contributed by atoms with E-state index in [0.29, 0.717) is 6.42 Å². The second-order valence-electron chi connectivity index (χ2n) is 9.31. The summed E-state index contributed by atoms with van der Waals surface area (Å²) in [6.07, 6.45) is -1.79. The number of hydrogen-bond acceptors (Lipinski definition) is 5. The molecule has 2 aromatic rings. The first-order valence-corrected chi connectivity index (χ1v) is 11.9. The average Bonchev–Trinajstić information content (AvgIpc) is 2.84. The lowest BCUT2D eigenvalue weighted by atomic mass is 9.96. The zero-order valence-corrected chi connectivity index (χ0v) is 20.9. The number of alkyl carbamates (subject to hydrolysis) is 1. The molecular formula is C27H37N3O5. The summed E-state index contributed by atoms with van der Waals surface area (Å²) in [6, 6.07) is 16.9. The van der Waals surface area contributed by atoms with Gasteiger partial charge in [0.05, 0.1) is 6.04 Å². The number of nitrogens with one attached hydrogen (secondary N) is 3. The van der Waals surface area contributed by atoms with Crippen molar-refractivity contribution in [1.29, 1.82) is 0 Å². The summed E-state index contributed by atoms with van der Waals surface area (Å²) in [6.45, 7) is 7.82. The lowest BCUT2D eigenvalue weighted by molar-refractivity contribution is -0.133. The van der Waals surface area contributed by atoms with Crippen LogP contribution in [0.15, 0.2) is 60.7 Å². The molecule has 35 heavy (non-hydrogen) atoms. The third-order valence-corrected chi connectivity index (χ3v) is 5.47. The van der Waals surface area contributed by atoms with Gasteiger partial charge in [-0.3, -0.25) is 9.59 Å². The summed E-state index contributed by atoms with van der Waals surface area (Å²) < 4.78 is 5.26. The highest BCUT2D eigenvalue weighted by Gasteiger charge is 2.33. The fraction of sp³-hybridized carbons (Fsp3) is 0.444. The van der Waals surface area contributed by atoms with Crippen LogP contribution in [0.2, 0.25) is 0 Å². The molecule has 0 fully saturated rings. The maximum atomic E-state index is 13.1. The summed E-state index contributed by atoms with van der Waals surface area (Å²) in [4.78, 5) is 38.0. The first-order chi connectivity index (χ1) is 16.7. The largest absolute Gasteiger partial charge is 0.445 e. The number of rotatable bonds is 12. The van der Waals surface area contributed by atoms with E-state index in [9.17, 15) is 19.5 Å². The molecule has 0 aliphatic heterocycles. The smallest absolute Gasteiger partial charge is 0.408 e. The van der Waals surface area contributed by atoms with Crippen LogP contribution in [0.1, 0.15) is 45.2 Å². The Labute approximate surface area is 207 Å². The van der Waals surface area contributed by atoms with Crippen molar-refractivity contribution < 1.29 is 24.2 Å². The molecule has 0 spiro atoms. The van der Waals surface area contributed by atoms with Gasteiger partial charge in [0, 0.05) is 6.54 Å². The fourth-order valence-corrected chi connectivity index (χ4v) is 3.54. The Morgan fingerprint density at radius 1 is 0.829 bits per heavy atom. The van der Waals surface area contributed by atoms with Crippen molar-refractivity contribution in [3.05, 3.63) is 71.8 Å². The van der Waals surface area contributed by atoms with E-state index in [2.05, 4.69) is 16.0 Å². The Morgan fingerprint density at radius 3 is 1.94 bits per heavy atom. The van der Waals surface area contributed by atoms with Crippen LogP contribution in [-0.4, -0.2) is 41.2 Å². The van der Waals surface area contributed by atoms with Gasteiger partial charge in [-0.25, -0.2) is 4.79 Å². The van der Waals surface area contributed by atoms with Crippen molar-refractivity contribution in [2.75, 3.05) is 0 Å². The van der Waals surface area contributed by atoms with Crippen molar-refractivity contribution in [1.82, 2.24) is 16.0 Å². The molecule has 0 aromatic heterocycles. The molecule has 0 aliphatic carbocycles. The van der Waals surface area contributed by atoms with Crippen molar-refractivity contribution in [2.45, 2.75) is 65.5 Å². The van der Waals surface area contributed by atoms with Crippen LogP contribution in [0.5, 0.6) is 0 Å². The number of aliphatic hydroxyl groups is 1. The van der Waals surface area contributed by atoms with E-state index in [-0.39, 0.29) is 25.0 Å². The van der Waals surface area contributed by atoms with Crippen molar-refractivity contribution in [3.63, 3.8) is 0 Å². The SMILES string of the molecule is CC(C)C[C@H](NC(=O)OCc1ccccc1)C(=O)N[C@@H](C(C)C)C(O)C(=O)NCc1ccccc1. The Hall–Kier alpha value is -3.39. The molecule has 190 valence electrons. The summed E-state index contributed by atoms with van der Waals surface area (Å²) in [5.41, 5.74) is 1.73. The van der Waals surface area contributed by atoms with E-state index in [4.69, 9.17) is 4.74 Å². The third-order valence-electron chi connectivity index (χ3n) is 5.47. The first-order valence-electron chi connectivity index (χ1n) is 11.9. The van der Waals surface area contributed by atoms with Crippen LogP contribution in [-0.2, 0) is 27.5 Å². The molecule has 2 aromatic carbocycles. The quantitative estimate of drug-likeness (QED) is 0.370. The lowest BCUT2D eigenvalue weighted by Gasteiger charge is -2.29. The molecule has 3 amide bonds. The highest BCUT2D eigenvalue weighted by Crippen LogP contribution is 2.11. The molecule has 4 N–H and O–H groups in total. The van der Waals surface area contributed by atoms with E-state index >= 15 is 0 Å². The number of aliphatic hydroxyl groups excluding tert-OH is 1. The molecule has 0 heterocycles. The van der Waals surface area contributed by atoms with E-state index in [1.54, 1.807) is 13.8 Å². The van der Waals surface area contributed by atoms with Gasteiger partial charge in [-0.2, -0.15) is 0 Å². The normalized spacial score (nSPS) is 13.6. The maximum absolute atomic E-state index is 13.1. The van der Waals surface area contributed by atoms with E-state index in [0.717, 1.165) is 11.1 Å². The van der Waals surface area contributed by atoms with Gasteiger partial charge >= 0.3 is 6.09 Å². The summed E-state index contributed by atoms with van der Waals surface area (Å²) in [5, 5.41) is 18.8. The second kappa shape index (κ2) is 14.1. The summed E-state index contributed by atoms with van der Waals surface area (Å²) in [5.74, 6) is -1.19. The number of benzene rings is 2. The van der Waals surface area contributed by atoms with E-state index in [1.807, 2.05) is 74.5 Å². The van der Waals surface area contributed by atoms with Gasteiger partial charge in [-0.15, -0.1) is 0 Å². The number of carbonyl (C=O) groups is 3. The monoisotopic (exact) mass is 483 g/mol. The minimum absolute atomic E-state index is 0.0810. The fourth-order valence-electron chi connectivity index (χ4n) is 3.54. The van der Waals surface area contributed by atoms with Crippen LogP contribution >= 0.6 is 0 Å². The van der Waals surface area contributed by atoms with Gasteiger partial charge in [-0.05, 0) is 29.4 Å². The molecule has 0 saturated carbocycles. The van der Waals surface area contributed by atoms with Crippen LogP contribution < -0.4 is 16.0 Å². The third kappa shape index (κ3) is 9.78. The Morgan fingerprint density at radius 2 is 1.40 bits per heavy atom. The Balaban J connectivity index is 1.98. The van der Waals surface area contributed by atoms with E-state index < -0.39 is 36.1 Å². The van der Waals surface area contributed by atoms with Gasteiger partial charge in [0.2, 0.25) is 5.91 Å². The predicted molar refractivity (Wildman–Crippen MR) is 134 cm³/mol. The molecule has 1 unspecified atom stereocenters. The van der Waals surface area contributed by atoms with Crippen LogP contribution in [0.3, 0.4) is 0 Å². The lowest BCUT2D eigenvalue weighted by Crippen LogP contribution is -2.57. The molecular weight excluding hydrogens is 446 g/mol. The molecule has 0 saturated heterocycles. The molecule has 0 bridgehead atoms. The van der Waals surface area contributed by atoms with Gasteiger partial charge in [0.15, 0.2) is 6.10 Å². The van der Waals surface area contributed by atoms with Gasteiger partial charge in [-0.1, -0.05) is 88.4 Å². The van der Waals surface area contributed by atoms with Crippen LogP contribution in [0, 0.1) is 11.8 Å². The number of carbonyl (C=O) groups excluding carboxylic acids is 3. The Kier molecular flexibility index (Phi) is 11.2. The number of ether oxygens (including phenoxy) is 1. The minimum atomic E-state index is -1.45. The van der Waals surface area contributed by atoms with Gasteiger partial charge < -0.3 is 25.8 Å². The maximum Gasteiger partial charge on any atom is 0.408 e. The second-order valence-corrected chi connectivity index (χ2v) is 9.31. The highest BCUT2D eigenvalue weighted by atomic mass is 16.5. The molecule has 2 rings (SSSR count). The molecule has 0 aliphatic rings. The number of amides is 3. The van der Waals surface area contributed by atoms with Gasteiger partial charge in [0.1, 0.15) is 12.6 Å². The number of hydrogen-bond donors (Lipinski definition) is 4. The average molecular weight is 484 g/mol. The molecule has 8 nitrogen and oxygen atoms in total. The minimum Gasteiger partial charge on any atom is -0.445 e. The zero-order valence-electron chi connectivity index (χ0n) is 20.9. The Bertz CT molecular complexity index is 934. The van der Waals surface area contributed by atoms with Crippen LogP contribution in [0.25, 0.3) is 0 Å². The topological polar surface area (TPSA) is 117 Å². The summed E-state index contributed by atoms with van der Waals surface area (Å²) >= 11 is 0. The standard InChI is InChI=1S/C27H37N3O5/c1-18(2)15-22(29-27(34)35-17-21-13-9-6-10-14-21)25(32)30-23(19(3)4)24(31)26(33)28-16-20-11-7-5-8-12-20/h5-14,18-19,22-24,31H,15-17H2,1-4H3,(H,28,33)(H,29,34)(H,30,32)/t22-,23-,24?/m0/s1. The molecule has 8 heteroatoms.